The van der Waals surface area contributed by atoms with E-state index >= 15 is 0 Å². The molecule has 1 aliphatic heterocycles. The standard InChI is InChI=1S/C27H36N4O5/c1-27(2,3)36-25(33)29-17-9-14-22(21-13-7-8-16-28-21)30-24(32)23-15-10-18-31(23)26(34)35-19-20-11-5-4-6-12-20/h4-8,11-13,16,22-23H,9-10,14-15,17-19H2,1-3H3,(H,29,33)(H,30,32)/t22-,23-/m0/s1. The van der Waals surface area contributed by atoms with E-state index in [1.165, 1.54) is 4.90 Å². The molecule has 2 atom stereocenters. The lowest BCUT2D eigenvalue weighted by Crippen LogP contribution is -2.47. The fourth-order valence-electron chi connectivity index (χ4n) is 4.01. The first-order chi connectivity index (χ1) is 17.2. The number of pyridine rings is 1. The number of rotatable bonds is 9. The highest BCUT2D eigenvalue weighted by molar-refractivity contribution is 5.86. The average Bonchev–Trinajstić information content (AvgIpc) is 3.35. The van der Waals surface area contributed by atoms with Crippen LogP contribution >= 0.6 is 0 Å². The summed E-state index contributed by atoms with van der Waals surface area (Å²) in [6.07, 6.45) is 3.17. The fourth-order valence-corrected chi connectivity index (χ4v) is 4.01. The largest absolute Gasteiger partial charge is 0.445 e. The van der Waals surface area contributed by atoms with E-state index in [1.807, 2.05) is 69.3 Å². The third-order valence-corrected chi connectivity index (χ3v) is 5.69. The first-order valence-electron chi connectivity index (χ1n) is 12.4. The number of carbonyl (C=O) groups excluding carboxylic acids is 3. The van der Waals surface area contributed by atoms with Crippen LogP contribution in [0.25, 0.3) is 0 Å². The lowest BCUT2D eigenvalue weighted by Gasteiger charge is -2.26. The van der Waals surface area contributed by atoms with Crippen LogP contribution in [0.4, 0.5) is 9.59 Å². The Morgan fingerprint density at radius 1 is 1.11 bits per heavy atom. The van der Waals surface area contributed by atoms with Gasteiger partial charge in [0.05, 0.1) is 11.7 Å². The summed E-state index contributed by atoms with van der Waals surface area (Å²) >= 11 is 0. The summed E-state index contributed by atoms with van der Waals surface area (Å²) < 4.78 is 10.7. The SMILES string of the molecule is CC(C)(C)OC(=O)NCCC[C@H](NC(=O)[C@@H]1CCCN1C(=O)OCc1ccccc1)c1ccccn1. The van der Waals surface area contributed by atoms with Gasteiger partial charge in [-0.3, -0.25) is 14.7 Å². The zero-order valence-corrected chi connectivity index (χ0v) is 21.2. The maximum atomic E-state index is 13.2. The number of nitrogens with one attached hydrogen (secondary N) is 2. The number of nitrogens with zero attached hydrogens (tertiary/aromatic N) is 2. The minimum Gasteiger partial charge on any atom is -0.445 e. The predicted molar refractivity (Wildman–Crippen MR) is 135 cm³/mol. The van der Waals surface area contributed by atoms with Crippen molar-refractivity contribution in [1.82, 2.24) is 20.5 Å². The van der Waals surface area contributed by atoms with Gasteiger partial charge in [-0.05, 0) is 64.2 Å². The topological polar surface area (TPSA) is 110 Å². The maximum absolute atomic E-state index is 13.2. The van der Waals surface area contributed by atoms with E-state index in [4.69, 9.17) is 9.47 Å². The summed E-state index contributed by atoms with van der Waals surface area (Å²) in [6.45, 7) is 6.45. The molecule has 36 heavy (non-hydrogen) atoms. The van der Waals surface area contributed by atoms with Crippen molar-refractivity contribution in [2.75, 3.05) is 13.1 Å². The van der Waals surface area contributed by atoms with Crippen molar-refractivity contribution >= 4 is 18.1 Å². The van der Waals surface area contributed by atoms with Crippen molar-refractivity contribution in [2.24, 2.45) is 0 Å². The Hall–Kier alpha value is -3.62. The number of aromatic nitrogens is 1. The highest BCUT2D eigenvalue weighted by atomic mass is 16.6. The molecule has 1 aromatic heterocycles. The summed E-state index contributed by atoms with van der Waals surface area (Å²) in [5, 5.41) is 5.81. The first kappa shape index (κ1) is 27.0. The quantitative estimate of drug-likeness (QED) is 0.500. The Bertz CT molecular complexity index is 994. The molecule has 0 radical (unpaired) electrons. The Morgan fingerprint density at radius 3 is 2.56 bits per heavy atom. The third kappa shape index (κ3) is 8.55. The van der Waals surface area contributed by atoms with Crippen molar-refractivity contribution in [3.05, 3.63) is 66.0 Å². The van der Waals surface area contributed by atoms with Crippen molar-refractivity contribution in [3.63, 3.8) is 0 Å². The lowest BCUT2D eigenvalue weighted by molar-refractivity contribution is -0.126. The molecule has 1 aliphatic rings. The Morgan fingerprint density at radius 2 is 1.86 bits per heavy atom. The van der Waals surface area contributed by atoms with Gasteiger partial charge in [-0.2, -0.15) is 0 Å². The van der Waals surface area contributed by atoms with Crippen LogP contribution in [0.5, 0.6) is 0 Å². The molecule has 0 aliphatic carbocycles. The van der Waals surface area contributed by atoms with Gasteiger partial charge >= 0.3 is 12.2 Å². The molecule has 9 heteroatoms. The van der Waals surface area contributed by atoms with E-state index in [0.29, 0.717) is 32.4 Å². The maximum Gasteiger partial charge on any atom is 0.410 e. The van der Waals surface area contributed by atoms with Gasteiger partial charge in [0.1, 0.15) is 18.2 Å². The second kappa shape index (κ2) is 12.9. The van der Waals surface area contributed by atoms with E-state index in [0.717, 1.165) is 17.7 Å². The molecule has 194 valence electrons. The van der Waals surface area contributed by atoms with Gasteiger partial charge in [0.25, 0.3) is 0 Å². The van der Waals surface area contributed by atoms with E-state index in [-0.39, 0.29) is 18.6 Å². The van der Waals surface area contributed by atoms with Crippen molar-refractivity contribution in [1.29, 1.82) is 0 Å². The molecule has 0 bridgehead atoms. The summed E-state index contributed by atoms with van der Waals surface area (Å²) in [5.74, 6) is -0.236. The number of ether oxygens (including phenoxy) is 2. The number of benzene rings is 1. The van der Waals surface area contributed by atoms with E-state index < -0.39 is 23.8 Å². The summed E-state index contributed by atoms with van der Waals surface area (Å²) in [4.78, 5) is 43.8. The first-order valence-corrected chi connectivity index (χ1v) is 12.4. The Labute approximate surface area is 212 Å². The zero-order chi connectivity index (χ0) is 26.0. The molecule has 1 fully saturated rings. The van der Waals surface area contributed by atoms with Gasteiger partial charge < -0.3 is 20.1 Å². The molecule has 2 aromatic rings. The lowest BCUT2D eigenvalue weighted by atomic mass is 10.1. The molecular weight excluding hydrogens is 460 g/mol. The van der Waals surface area contributed by atoms with Crippen LogP contribution in [0.1, 0.15) is 63.8 Å². The minimum atomic E-state index is -0.598. The number of carbonyl (C=O) groups is 3. The van der Waals surface area contributed by atoms with Crippen molar-refractivity contribution < 1.29 is 23.9 Å². The molecular formula is C27H36N4O5. The van der Waals surface area contributed by atoms with Crippen LogP contribution in [0.15, 0.2) is 54.7 Å². The van der Waals surface area contributed by atoms with Gasteiger partial charge in [-0.15, -0.1) is 0 Å². The second-order valence-corrected chi connectivity index (χ2v) is 9.78. The molecule has 3 amide bonds. The van der Waals surface area contributed by atoms with Gasteiger partial charge in [-0.25, -0.2) is 9.59 Å². The molecule has 0 spiro atoms. The van der Waals surface area contributed by atoms with Gasteiger partial charge in [-0.1, -0.05) is 36.4 Å². The molecule has 1 aromatic carbocycles. The van der Waals surface area contributed by atoms with Crippen LogP contribution in [-0.2, 0) is 20.9 Å². The van der Waals surface area contributed by atoms with Crippen LogP contribution in [-0.4, -0.2) is 52.7 Å². The predicted octanol–water partition coefficient (Wildman–Crippen LogP) is 4.35. The fraction of sp³-hybridized carbons (Fsp3) is 0.481. The number of hydrogen-bond donors (Lipinski definition) is 2. The Kier molecular flexibility index (Phi) is 9.67. The average molecular weight is 497 g/mol. The van der Waals surface area contributed by atoms with Crippen LogP contribution < -0.4 is 10.6 Å². The van der Waals surface area contributed by atoms with Crippen LogP contribution in [0, 0.1) is 0 Å². The normalized spacial score (nSPS) is 16.2. The monoisotopic (exact) mass is 496 g/mol. The smallest absolute Gasteiger partial charge is 0.410 e. The number of alkyl carbamates (subject to hydrolysis) is 1. The van der Waals surface area contributed by atoms with E-state index in [1.54, 1.807) is 6.20 Å². The van der Waals surface area contributed by atoms with E-state index in [2.05, 4.69) is 15.6 Å². The Balaban J connectivity index is 1.56. The molecule has 0 unspecified atom stereocenters. The number of amides is 3. The summed E-state index contributed by atoms with van der Waals surface area (Å²) in [7, 11) is 0. The molecule has 2 N–H and O–H groups in total. The summed E-state index contributed by atoms with van der Waals surface area (Å²) in [6, 6.07) is 14.0. The molecule has 2 heterocycles. The molecule has 3 rings (SSSR count). The van der Waals surface area contributed by atoms with Crippen molar-refractivity contribution in [2.45, 2.75) is 70.7 Å². The molecule has 1 saturated heterocycles. The van der Waals surface area contributed by atoms with Crippen LogP contribution in [0.3, 0.4) is 0 Å². The van der Waals surface area contributed by atoms with Crippen LogP contribution in [0.2, 0.25) is 0 Å². The zero-order valence-electron chi connectivity index (χ0n) is 21.2. The highest BCUT2D eigenvalue weighted by Gasteiger charge is 2.36. The van der Waals surface area contributed by atoms with Gasteiger partial charge in [0.15, 0.2) is 0 Å². The molecule has 0 saturated carbocycles. The number of likely N-dealkylation sites (tertiary alicyclic amines) is 1. The van der Waals surface area contributed by atoms with Crippen molar-refractivity contribution in [3.8, 4) is 0 Å². The molecule has 9 nitrogen and oxygen atoms in total. The third-order valence-electron chi connectivity index (χ3n) is 5.69. The number of hydrogen-bond acceptors (Lipinski definition) is 6. The van der Waals surface area contributed by atoms with E-state index in [9.17, 15) is 14.4 Å². The van der Waals surface area contributed by atoms with Gasteiger partial charge in [0.2, 0.25) is 5.91 Å². The minimum absolute atomic E-state index is 0.158. The van der Waals surface area contributed by atoms with Gasteiger partial charge in [0, 0.05) is 19.3 Å². The highest BCUT2D eigenvalue weighted by Crippen LogP contribution is 2.22. The summed E-state index contributed by atoms with van der Waals surface area (Å²) in [5.41, 5.74) is 1.05. The second-order valence-electron chi connectivity index (χ2n) is 9.78.